The van der Waals surface area contributed by atoms with E-state index in [2.05, 4.69) is 10.6 Å². The van der Waals surface area contributed by atoms with E-state index in [-0.39, 0.29) is 16.8 Å². The molecular weight excluding hydrogens is 416 g/mol. The summed E-state index contributed by atoms with van der Waals surface area (Å²) in [5, 5.41) is 5.55. The minimum absolute atomic E-state index is 0.146. The number of aryl methyl sites for hydroxylation is 1. The molecule has 2 aliphatic heterocycles. The molecule has 0 aliphatic carbocycles. The molecule has 0 spiro atoms. The van der Waals surface area contributed by atoms with Crippen LogP contribution in [0.1, 0.15) is 35.2 Å². The van der Waals surface area contributed by atoms with Crippen molar-refractivity contribution in [2.45, 2.75) is 31.1 Å². The molecule has 4 rings (SSSR count). The van der Waals surface area contributed by atoms with Gasteiger partial charge in [0.25, 0.3) is 5.91 Å². The average molecular weight is 443 g/mol. The van der Waals surface area contributed by atoms with Gasteiger partial charge in [0.1, 0.15) is 0 Å². The third-order valence-electron chi connectivity index (χ3n) is 5.65. The molecule has 0 aromatic heterocycles. The van der Waals surface area contributed by atoms with Crippen LogP contribution in [0.5, 0.6) is 0 Å². The molecule has 2 fully saturated rings. The average Bonchev–Trinajstić information content (AvgIpc) is 3.20. The molecule has 0 radical (unpaired) electrons. The van der Waals surface area contributed by atoms with Crippen LogP contribution in [0.2, 0.25) is 0 Å². The van der Waals surface area contributed by atoms with Gasteiger partial charge in [0.2, 0.25) is 10.0 Å². The Morgan fingerprint density at radius 1 is 1.03 bits per heavy atom. The van der Waals surface area contributed by atoms with Crippen LogP contribution >= 0.6 is 0 Å². The molecule has 164 valence electrons. The quantitative estimate of drug-likeness (QED) is 0.744. The maximum Gasteiger partial charge on any atom is 0.322 e. The van der Waals surface area contributed by atoms with E-state index in [1.54, 1.807) is 41.3 Å². The summed E-state index contributed by atoms with van der Waals surface area (Å²) in [5.74, 6) is -0.340. The van der Waals surface area contributed by atoms with Crippen molar-refractivity contribution in [3.63, 3.8) is 0 Å². The second-order valence-electron chi connectivity index (χ2n) is 7.83. The highest BCUT2D eigenvalue weighted by Crippen LogP contribution is 2.25. The maximum absolute atomic E-state index is 12.9. The zero-order chi connectivity index (χ0) is 22.0. The molecule has 31 heavy (non-hydrogen) atoms. The van der Waals surface area contributed by atoms with Crippen molar-refractivity contribution in [2.24, 2.45) is 0 Å². The number of rotatable bonds is 5. The molecule has 3 amide bonds. The lowest BCUT2D eigenvalue weighted by molar-refractivity contribution is 0.102. The predicted molar refractivity (Wildman–Crippen MR) is 119 cm³/mol. The molecule has 2 aromatic rings. The van der Waals surface area contributed by atoms with Gasteiger partial charge in [-0.05, 0) is 61.7 Å². The highest BCUT2D eigenvalue weighted by atomic mass is 32.2. The SMILES string of the molecule is Cc1cc(C(=O)Nc2cccc(S(=O)(=O)N3CCCCC3)c2)ccc1N1CCNC1=O. The van der Waals surface area contributed by atoms with Gasteiger partial charge in [-0.3, -0.25) is 9.69 Å². The Morgan fingerprint density at radius 3 is 2.48 bits per heavy atom. The lowest BCUT2D eigenvalue weighted by Crippen LogP contribution is -2.35. The first-order valence-corrected chi connectivity index (χ1v) is 11.9. The number of nitrogens with one attached hydrogen (secondary N) is 2. The summed E-state index contributed by atoms with van der Waals surface area (Å²) in [6, 6.07) is 11.4. The van der Waals surface area contributed by atoms with Gasteiger partial charge < -0.3 is 10.6 Å². The highest BCUT2D eigenvalue weighted by Gasteiger charge is 2.26. The summed E-state index contributed by atoms with van der Waals surface area (Å²) < 4.78 is 27.3. The zero-order valence-corrected chi connectivity index (χ0v) is 18.2. The largest absolute Gasteiger partial charge is 0.336 e. The molecule has 2 aliphatic rings. The normalized spacial score (nSPS) is 17.5. The van der Waals surface area contributed by atoms with Crippen molar-refractivity contribution in [2.75, 3.05) is 36.4 Å². The topological polar surface area (TPSA) is 98.8 Å². The van der Waals surface area contributed by atoms with Crippen molar-refractivity contribution in [1.82, 2.24) is 9.62 Å². The summed E-state index contributed by atoms with van der Waals surface area (Å²) in [7, 11) is -3.57. The summed E-state index contributed by atoms with van der Waals surface area (Å²) in [6.07, 6.45) is 2.77. The summed E-state index contributed by atoms with van der Waals surface area (Å²) in [4.78, 5) is 26.5. The van der Waals surface area contributed by atoms with Gasteiger partial charge in [0.05, 0.1) is 4.90 Å². The van der Waals surface area contributed by atoms with E-state index in [0.717, 1.165) is 30.5 Å². The standard InChI is InChI=1S/C22H26N4O4S/c1-16-14-17(8-9-20(16)26-13-10-23-22(26)28)21(27)24-18-6-5-7-19(15-18)31(29,30)25-11-3-2-4-12-25/h5-9,14-15H,2-4,10-13H2,1H3,(H,23,28)(H,24,27). The number of amides is 3. The Labute approximate surface area is 182 Å². The third-order valence-corrected chi connectivity index (χ3v) is 7.55. The number of carbonyl (C=O) groups is 2. The second kappa shape index (κ2) is 8.68. The van der Waals surface area contributed by atoms with Crippen molar-refractivity contribution in [3.8, 4) is 0 Å². The molecule has 2 N–H and O–H groups in total. The second-order valence-corrected chi connectivity index (χ2v) is 9.77. The highest BCUT2D eigenvalue weighted by molar-refractivity contribution is 7.89. The Hall–Kier alpha value is -2.91. The fraction of sp³-hybridized carbons (Fsp3) is 0.364. The van der Waals surface area contributed by atoms with Gasteiger partial charge in [0, 0.05) is 43.1 Å². The van der Waals surface area contributed by atoms with Crippen molar-refractivity contribution in [1.29, 1.82) is 0 Å². The molecule has 0 saturated carbocycles. The Kier molecular flexibility index (Phi) is 5.97. The zero-order valence-electron chi connectivity index (χ0n) is 17.4. The van der Waals surface area contributed by atoms with E-state index >= 15 is 0 Å². The minimum atomic E-state index is -3.57. The van der Waals surface area contributed by atoms with E-state index in [4.69, 9.17) is 0 Å². The lowest BCUT2D eigenvalue weighted by Gasteiger charge is -2.26. The summed E-state index contributed by atoms with van der Waals surface area (Å²) >= 11 is 0. The molecular formula is C22H26N4O4S. The van der Waals surface area contributed by atoms with Crippen LogP contribution in [0.4, 0.5) is 16.2 Å². The number of benzene rings is 2. The number of piperidine rings is 1. The van der Waals surface area contributed by atoms with Crippen LogP contribution in [0.25, 0.3) is 0 Å². The van der Waals surface area contributed by atoms with Crippen molar-refractivity contribution >= 4 is 33.3 Å². The van der Waals surface area contributed by atoms with Crippen LogP contribution in [-0.4, -0.2) is 50.8 Å². The van der Waals surface area contributed by atoms with E-state index in [0.29, 0.717) is 37.4 Å². The summed E-state index contributed by atoms with van der Waals surface area (Å²) in [5.41, 5.74) is 2.43. The Bertz CT molecular complexity index is 1110. The molecule has 0 unspecified atom stereocenters. The predicted octanol–water partition coefficient (Wildman–Crippen LogP) is 2.95. The van der Waals surface area contributed by atoms with Crippen LogP contribution in [0.15, 0.2) is 47.4 Å². The number of urea groups is 1. The van der Waals surface area contributed by atoms with Gasteiger partial charge in [-0.1, -0.05) is 12.5 Å². The number of anilines is 2. The Morgan fingerprint density at radius 2 is 1.81 bits per heavy atom. The van der Waals surface area contributed by atoms with Gasteiger partial charge in [-0.2, -0.15) is 4.31 Å². The van der Waals surface area contributed by atoms with Crippen LogP contribution in [-0.2, 0) is 10.0 Å². The van der Waals surface area contributed by atoms with E-state index in [1.165, 1.54) is 10.4 Å². The van der Waals surface area contributed by atoms with Crippen LogP contribution in [0.3, 0.4) is 0 Å². The molecule has 2 saturated heterocycles. The third kappa shape index (κ3) is 4.42. The van der Waals surface area contributed by atoms with Gasteiger partial charge in [-0.15, -0.1) is 0 Å². The first-order chi connectivity index (χ1) is 14.9. The van der Waals surface area contributed by atoms with Crippen LogP contribution in [0, 0.1) is 6.92 Å². The smallest absolute Gasteiger partial charge is 0.322 e. The maximum atomic E-state index is 12.9. The van der Waals surface area contributed by atoms with E-state index < -0.39 is 10.0 Å². The first kappa shape index (κ1) is 21.3. The lowest BCUT2D eigenvalue weighted by atomic mass is 10.1. The number of hydrogen-bond donors (Lipinski definition) is 2. The van der Waals surface area contributed by atoms with Gasteiger partial charge >= 0.3 is 6.03 Å². The van der Waals surface area contributed by atoms with E-state index in [9.17, 15) is 18.0 Å². The minimum Gasteiger partial charge on any atom is -0.336 e. The monoisotopic (exact) mass is 442 g/mol. The number of hydrogen-bond acceptors (Lipinski definition) is 4. The van der Waals surface area contributed by atoms with Crippen molar-refractivity contribution < 1.29 is 18.0 Å². The molecule has 9 heteroatoms. The van der Waals surface area contributed by atoms with Gasteiger partial charge in [0.15, 0.2) is 0 Å². The fourth-order valence-electron chi connectivity index (χ4n) is 3.99. The molecule has 8 nitrogen and oxygen atoms in total. The summed E-state index contributed by atoms with van der Waals surface area (Å²) in [6.45, 7) is 4.09. The van der Waals surface area contributed by atoms with Crippen LogP contribution < -0.4 is 15.5 Å². The fourth-order valence-corrected chi connectivity index (χ4v) is 5.56. The number of sulfonamides is 1. The van der Waals surface area contributed by atoms with Gasteiger partial charge in [-0.25, -0.2) is 13.2 Å². The molecule has 0 bridgehead atoms. The molecule has 2 aromatic carbocycles. The Balaban J connectivity index is 1.51. The number of nitrogens with zero attached hydrogens (tertiary/aromatic N) is 2. The number of carbonyl (C=O) groups excluding carboxylic acids is 2. The van der Waals surface area contributed by atoms with Crippen molar-refractivity contribution in [3.05, 3.63) is 53.6 Å². The molecule has 2 heterocycles. The molecule has 0 atom stereocenters. The van der Waals surface area contributed by atoms with E-state index in [1.807, 2.05) is 6.92 Å². The first-order valence-electron chi connectivity index (χ1n) is 10.4.